The van der Waals surface area contributed by atoms with Crippen molar-refractivity contribution in [2.24, 2.45) is 4.99 Å². The number of aryl methyl sites for hydroxylation is 2. The van der Waals surface area contributed by atoms with Gasteiger partial charge in [0.15, 0.2) is 5.96 Å². The van der Waals surface area contributed by atoms with Crippen LogP contribution in [0.4, 0.5) is 5.69 Å². The summed E-state index contributed by atoms with van der Waals surface area (Å²) < 4.78 is 5.46. The normalized spacial score (nSPS) is 14.0. The van der Waals surface area contributed by atoms with Crippen LogP contribution in [0.15, 0.2) is 45.9 Å². The van der Waals surface area contributed by atoms with Gasteiger partial charge in [0, 0.05) is 43.9 Å². The van der Waals surface area contributed by atoms with Gasteiger partial charge in [-0.25, -0.2) is 4.99 Å². The van der Waals surface area contributed by atoms with Crippen LogP contribution in [-0.4, -0.2) is 30.8 Å². The molecule has 0 fully saturated rings. The average Bonchev–Trinajstić information content (AvgIpc) is 3.39. The van der Waals surface area contributed by atoms with Crippen LogP contribution in [-0.2, 0) is 25.9 Å². The molecule has 0 atom stereocenters. The van der Waals surface area contributed by atoms with Crippen molar-refractivity contribution in [2.45, 2.75) is 46.7 Å². The molecule has 2 aromatic rings. The van der Waals surface area contributed by atoms with Crippen molar-refractivity contribution in [1.29, 1.82) is 0 Å². The van der Waals surface area contributed by atoms with Crippen LogP contribution in [0.25, 0.3) is 0 Å². The summed E-state index contributed by atoms with van der Waals surface area (Å²) in [7, 11) is 0. The lowest BCUT2D eigenvalue weighted by Crippen LogP contribution is -2.37. The first-order valence-corrected chi connectivity index (χ1v) is 10.2. The maximum absolute atomic E-state index is 5.46. The minimum Gasteiger partial charge on any atom is -0.364 e. The second-order valence-electron chi connectivity index (χ2n) is 6.83. The summed E-state index contributed by atoms with van der Waals surface area (Å²) in [6.07, 6.45) is 6.12. The number of nitrogens with one attached hydrogen (secondary N) is 2. The van der Waals surface area contributed by atoms with Crippen LogP contribution < -0.4 is 15.5 Å². The molecule has 2 heterocycles. The summed E-state index contributed by atoms with van der Waals surface area (Å²) in [6.45, 7) is 10.3. The van der Waals surface area contributed by atoms with E-state index in [1.165, 1.54) is 11.3 Å². The number of hydrogen-bond donors (Lipinski definition) is 2. The van der Waals surface area contributed by atoms with Gasteiger partial charge in [-0.2, -0.15) is 0 Å². The zero-order valence-corrected chi connectivity index (χ0v) is 17.2. The molecule has 0 unspecified atom stereocenters. The standard InChI is InChI=1S/C22H31N5O/c1-4-20-19(21(5-2)28-26-20)16-25-22(23-6-3)24-15-17-10-9-11-18(14-17)27-12-7-8-13-27/h7-11,14H,4-6,12-13,15-16H2,1-3H3,(H2,23,24,25). The summed E-state index contributed by atoms with van der Waals surface area (Å²) in [4.78, 5) is 7.12. The Morgan fingerprint density at radius 3 is 2.68 bits per heavy atom. The third kappa shape index (κ3) is 4.94. The lowest BCUT2D eigenvalue weighted by molar-refractivity contribution is 0.380. The van der Waals surface area contributed by atoms with E-state index < -0.39 is 0 Å². The maximum Gasteiger partial charge on any atom is 0.191 e. The lowest BCUT2D eigenvalue weighted by Gasteiger charge is -2.18. The zero-order valence-electron chi connectivity index (χ0n) is 17.2. The smallest absolute Gasteiger partial charge is 0.191 e. The summed E-state index contributed by atoms with van der Waals surface area (Å²) in [5.41, 5.74) is 4.63. The van der Waals surface area contributed by atoms with E-state index in [9.17, 15) is 0 Å². The molecule has 0 saturated carbocycles. The second-order valence-corrected chi connectivity index (χ2v) is 6.83. The molecule has 6 heteroatoms. The van der Waals surface area contributed by atoms with Crippen LogP contribution in [0, 0.1) is 0 Å². The predicted octanol–water partition coefficient (Wildman–Crippen LogP) is 3.43. The third-order valence-corrected chi connectivity index (χ3v) is 4.90. The Bertz CT molecular complexity index is 795. The second kappa shape index (κ2) is 9.97. The summed E-state index contributed by atoms with van der Waals surface area (Å²) in [5, 5.41) is 10.9. The number of anilines is 1. The minimum atomic E-state index is 0.634. The Morgan fingerprint density at radius 1 is 1.14 bits per heavy atom. The molecule has 3 rings (SSSR count). The number of hydrogen-bond acceptors (Lipinski definition) is 4. The molecule has 0 radical (unpaired) electrons. The number of guanidine groups is 1. The summed E-state index contributed by atoms with van der Waals surface area (Å²) in [6, 6.07) is 8.63. The Balaban J connectivity index is 1.66. The molecular weight excluding hydrogens is 350 g/mol. The highest BCUT2D eigenvalue weighted by Crippen LogP contribution is 2.19. The van der Waals surface area contributed by atoms with Gasteiger partial charge in [0.05, 0.1) is 12.2 Å². The SMILES string of the molecule is CCNC(=NCc1cccc(N2CC=CC2)c1)NCc1c(CC)noc1CC. The minimum absolute atomic E-state index is 0.634. The molecule has 28 heavy (non-hydrogen) atoms. The van der Waals surface area contributed by atoms with Crippen molar-refractivity contribution in [3.8, 4) is 0 Å². The Labute approximate surface area is 167 Å². The first kappa shape index (κ1) is 20.0. The van der Waals surface area contributed by atoms with Crippen LogP contribution in [0.1, 0.15) is 43.4 Å². The molecule has 0 spiro atoms. The van der Waals surface area contributed by atoms with Gasteiger partial charge < -0.3 is 20.1 Å². The van der Waals surface area contributed by atoms with Gasteiger partial charge >= 0.3 is 0 Å². The molecule has 1 aliphatic heterocycles. The molecule has 150 valence electrons. The van der Waals surface area contributed by atoms with Crippen molar-refractivity contribution in [3.63, 3.8) is 0 Å². The number of benzene rings is 1. The molecule has 1 aromatic heterocycles. The quantitative estimate of drug-likeness (QED) is 0.417. The third-order valence-electron chi connectivity index (χ3n) is 4.90. The molecule has 0 bridgehead atoms. The predicted molar refractivity (Wildman–Crippen MR) is 115 cm³/mol. The highest BCUT2D eigenvalue weighted by Gasteiger charge is 2.13. The van der Waals surface area contributed by atoms with E-state index in [0.29, 0.717) is 13.1 Å². The van der Waals surface area contributed by atoms with Crippen LogP contribution >= 0.6 is 0 Å². The van der Waals surface area contributed by atoms with Gasteiger partial charge in [-0.15, -0.1) is 0 Å². The van der Waals surface area contributed by atoms with Crippen LogP contribution in [0.3, 0.4) is 0 Å². The molecular formula is C22H31N5O. The Kier molecular flexibility index (Phi) is 7.12. The van der Waals surface area contributed by atoms with Crippen molar-refractivity contribution >= 4 is 11.6 Å². The molecule has 0 saturated heterocycles. The lowest BCUT2D eigenvalue weighted by atomic mass is 10.1. The van der Waals surface area contributed by atoms with Gasteiger partial charge in [0.25, 0.3) is 0 Å². The summed E-state index contributed by atoms with van der Waals surface area (Å²) in [5.74, 6) is 1.76. The van der Waals surface area contributed by atoms with Crippen molar-refractivity contribution < 1.29 is 4.52 Å². The van der Waals surface area contributed by atoms with E-state index in [1.807, 2.05) is 0 Å². The van der Waals surface area contributed by atoms with E-state index in [0.717, 1.165) is 55.5 Å². The zero-order chi connectivity index (χ0) is 19.8. The van der Waals surface area contributed by atoms with Crippen LogP contribution in [0.2, 0.25) is 0 Å². The Hall–Kier alpha value is -2.76. The van der Waals surface area contributed by atoms with E-state index in [4.69, 9.17) is 9.52 Å². The van der Waals surface area contributed by atoms with Gasteiger partial charge in [-0.1, -0.05) is 43.3 Å². The summed E-state index contributed by atoms with van der Waals surface area (Å²) >= 11 is 0. The molecule has 2 N–H and O–H groups in total. The largest absolute Gasteiger partial charge is 0.364 e. The van der Waals surface area contributed by atoms with Crippen molar-refractivity contribution in [1.82, 2.24) is 15.8 Å². The fraction of sp³-hybridized carbons (Fsp3) is 0.455. The van der Waals surface area contributed by atoms with Crippen LogP contribution in [0.5, 0.6) is 0 Å². The highest BCUT2D eigenvalue weighted by molar-refractivity contribution is 5.79. The van der Waals surface area contributed by atoms with Gasteiger partial charge in [0.1, 0.15) is 5.76 Å². The average molecular weight is 382 g/mol. The van der Waals surface area contributed by atoms with E-state index in [2.05, 4.69) is 77.9 Å². The Morgan fingerprint density at radius 2 is 1.96 bits per heavy atom. The van der Waals surface area contributed by atoms with Gasteiger partial charge in [-0.05, 0) is 31.0 Å². The fourth-order valence-electron chi connectivity index (χ4n) is 3.36. The molecule has 1 aromatic carbocycles. The molecule has 0 amide bonds. The topological polar surface area (TPSA) is 65.7 Å². The number of rotatable bonds is 8. The monoisotopic (exact) mass is 381 g/mol. The maximum atomic E-state index is 5.46. The van der Waals surface area contributed by atoms with Gasteiger partial charge in [0.2, 0.25) is 0 Å². The fourth-order valence-corrected chi connectivity index (χ4v) is 3.36. The number of aromatic nitrogens is 1. The van der Waals surface area contributed by atoms with Gasteiger partial charge in [-0.3, -0.25) is 0 Å². The van der Waals surface area contributed by atoms with E-state index in [1.54, 1.807) is 0 Å². The molecule has 6 nitrogen and oxygen atoms in total. The highest BCUT2D eigenvalue weighted by atomic mass is 16.5. The molecule has 1 aliphatic rings. The number of nitrogens with zero attached hydrogens (tertiary/aromatic N) is 3. The molecule has 0 aliphatic carbocycles. The number of aliphatic imine (C=N–C) groups is 1. The first-order chi connectivity index (χ1) is 13.7. The van der Waals surface area contributed by atoms with Crippen molar-refractivity contribution in [2.75, 3.05) is 24.5 Å². The van der Waals surface area contributed by atoms with Crippen molar-refractivity contribution in [3.05, 3.63) is 59.0 Å². The van der Waals surface area contributed by atoms with E-state index in [-0.39, 0.29) is 0 Å². The first-order valence-electron chi connectivity index (χ1n) is 10.2. The van der Waals surface area contributed by atoms with E-state index >= 15 is 0 Å².